The number of hydrogen-bond donors (Lipinski definition) is 1. The van der Waals surface area contributed by atoms with Crippen LogP contribution in [0.25, 0.3) is 0 Å². The predicted octanol–water partition coefficient (Wildman–Crippen LogP) is 1.65. The Labute approximate surface area is 91.1 Å². The molecule has 4 atom stereocenters. The van der Waals surface area contributed by atoms with Crippen molar-refractivity contribution in [1.29, 1.82) is 0 Å². The Balaban J connectivity index is 1.64. The van der Waals surface area contributed by atoms with Gasteiger partial charge < -0.3 is 14.6 Å². The fourth-order valence-corrected chi connectivity index (χ4v) is 2.16. The molecule has 0 saturated carbocycles. The molecule has 0 spiro atoms. The van der Waals surface area contributed by atoms with Crippen molar-refractivity contribution in [3.8, 4) is 0 Å². The summed E-state index contributed by atoms with van der Waals surface area (Å²) >= 11 is 0. The molecule has 2 bridgehead atoms. The second-order valence-electron chi connectivity index (χ2n) is 4.43. The van der Waals surface area contributed by atoms with Crippen LogP contribution in [0.5, 0.6) is 0 Å². The van der Waals surface area contributed by atoms with Gasteiger partial charge in [0, 0.05) is 6.42 Å². The third-order valence-corrected chi connectivity index (χ3v) is 3.07. The van der Waals surface area contributed by atoms with E-state index in [1.54, 1.807) is 0 Å². The van der Waals surface area contributed by atoms with E-state index in [4.69, 9.17) is 9.47 Å². The molecule has 2 heterocycles. The van der Waals surface area contributed by atoms with E-state index in [0.717, 1.165) is 25.7 Å². The van der Waals surface area contributed by atoms with Gasteiger partial charge in [-0.2, -0.15) is 0 Å². The molecule has 0 aliphatic carbocycles. The number of hydrogen-bond acceptors (Lipinski definition) is 3. The zero-order valence-electron chi connectivity index (χ0n) is 9.26. The molecule has 1 saturated heterocycles. The van der Waals surface area contributed by atoms with Crippen LogP contribution in [0, 0.1) is 0 Å². The van der Waals surface area contributed by atoms with Crippen LogP contribution in [0.4, 0.5) is 0 Å². The summed E-state index contributed by atoms with van der Waals surface area (Å²) in [5.41, 5.74) is 0. The largest absolute Gasteiger partial charge is 0.391 e. The van der Waals surface area contributed by atoms with Crippen LogP contribution in [-0.4, -0.2) is 36.1 Å². The number of aliphatic hydroxyl groups is 1. The Bertz CT molecular complexity index is 227. The molecule has 3 heteroatoms. The number of unbranched alkanes of at least 4 members (excludes halogenated alkanes) is 1. The second-order valence-corrected chi connectivity index (χ2v) is 4.43. The van der Waals surface area contributed by atoms with Gasteiger partial charge in [-0.15, -0.1) is 0 Å². The highest BCUT2D eigenvalue weighted by Gasteiger charge is 2.37. The molecule has 0 aromatic heterocycles. The number of rotatable bonds is 6. The van der Waals surface area contributed by atoms with Crippen molar-refractivity contribution in [2.75, 3.05) is 6.61 Å². The van der Waals surface area contributed by atoms with Crippen LogP contribution in [0.1, 0.15) is 32.6 Å². The summed E-state index contributed by atoms with van der Waals surface area (Å²) in [6.07, 6.45) is 8.38. The zero-order valence-corrected chi connectivity index (χ0v) is 9.26. The molecule has 15 heavy (non-hydrogen) atoms. The lowest BCUT2D eigenvalue weighted by Crippen LogP contribution is -2.27. The van der Waals surface area contributed by atoms with E-state index < -0.39 is 0 Å². The lowest BCUT2D eigenvalue weighted by atomic mass is 10.0. The Morgan fingerprint density at radius 3 is 3.00 bits per heavy atom. The van der Waals surface area contributed by atoms with Crippen LogP contribution in [0.15, 0.2) is 12.2 Å². The van der Waals surface area contributed by atoms with Crippen molar-refractivity contribution in [2.24, 2.45) is 0 Å². The first kappa shape index (κ1) is 11.1. The Morgan fingerprint density at radius 1 is 1.53 bits per heavy atom. The van der Waals surface area contributed by atoms with Crippen LogP contribution in [0.3, 0.4) is 0 Å². The van der Waals surface area contributed by atoms with Crippen LogP contribution >= 0.6 is 0 Å². The second kappa shape index (κ2) is 5.10. The average molecular weight is 212 g/mol. The summed E-state index contributed by atoms with van der Waals surface area (Å²) < 4.78 is 11.3. The van der Waals surface area contributed by atoms with Gasteiger partial charge in [0.2, 0.25) is 0 Å². The van der Waals surface area contributed by atoms with E-state index in [9.17, 15) is 5.11 Å². The lowest BCUT2D eigenvalue weighted by Gasteiger charge is -2.18. The zero-order chi connectivity index (χ0) is 10.7. The van der Waals surface area contributed by atoms with E-state index in [1.807, 2.05) is 0 Å². The first-order chi connectivity index (χ1) is 7.29. The molecule has 3 nitrogen and oxygen atoms in total. The summed E-state index contributed by atoms with van der Waals surface area (Å²) in [6.45, 7) is 2.58. The maximum Gasteiger partial charge on any atom is 0.103 e. The first-order valence-corrected chi connectivity index (χ1v) is 5.93. The number of aliphatic hydroxyl groups excluding tert-OH is 1. The lowest BCUT2D eigenvalue weighted by molar-refractivity contribution is -0.0312. The van der Waals surface area contributed by atoms with Crippen molar-refractivity contribution in [1.82, 2.24) is 0 Å². The summed E-state index contributed by atoms with van der Waals surface area (Å²) in [7, 11) is 0. The SMILES string of the molecule is CCCCC(O)COC1CC2C=CC1O2. The highest BCUT2D eigenvalue weighted by atomic mass is 16.6. The van der Waals surface area contributed by atoms with Crippen molar-refractivity contribution < 1.29 is 14.6 Å². The molecule has 0 amide bonds. The third kappa shape index (κ3) is 2.80. The quantitative estimate of drug-likeness (QED) is 0.680. The van der Waals surface area contributed by atoms with E-state index in [1.165, 1.54) is 0 Å². The smallest absolute Gasteiger partial charge is 0.103 e. The minimum absolute atomic E-state index is 0.133. The normalized spacial score (nSPS) is 34.9. The van der Waals surface area contributed by atoms with Crippen molar-refractivity contribution in [3.05, 3.63) is 12.2 Å². The van der Waals surface area contributed by atoms with Crippen molar-refractivity contribution in [3.63, 3.8) is 0 Å². The predicted molar refractivity (Wildman–Crippen MR) is 57.7 cm³/mol. The fraction of sp³-hybridized carbons (Fsp3) is 0.833. The van der Waals surface area contributed by atoms with E-state index in [-0.39, 0.29) is 24.4 Å². The highest BCUT2D eigenvalue weighted by Crippen LogP contribution is 2.30. The van der Waals surface area contributed by atoms with Gasteiger partial charge in [0.05, 0.1) is 24.9 Å². The van der Waals surface area contributed by atoms with E-state index >= 15 is 0 Å². The fourth-order valence-electron chi connectivity index (χ4n) is 2.16. The molecule has 1 fully saturated rings. The third-order valence-electron chi connectivity index (χ3n) is 3.07. The van der Waals surface area contributed by atoms with Crippen molar-refractivity contribution in [2.45, 2.75) is 57.0 Å². The van der Waals surface area contributed by atoms with Gasteiger partial charge in [0.1, 0.15) is 6.10 Å². The topological polar surface area (TPSA) is 38.7 Å². The van der Waals surface area contributed by atoms with Crippen LogP contribution < -0.4 is 0 Å². The molecular weight excluding hydrogens is 192 g/mol. The molecule has 0 radical (unpaired) electrons. The van der Waals surface area contributed by atoms with Gasteiger partial charge in [-0.3, -0.25) is 0 Å². The summed E-state index contributed by atoms with van der Waals surface area (Å²) in [5.74, 6) is 0. The Kier molecular flexibility index (Phi) is 3.78. The Morgan fingerprint density at radius 2 is 2.40 bits per heavy atom. The maximum atomic E-state index is 9.63. The van der Waals surface area contributed by atoms with Crippen molar-refractivity contribution >= 4 is 0 Å². The van der Waals surface area contributed by atoms with Gasteiger partial charge in [-0.05, 0) is 6.42 Å². The molecule has 2 aliphatic rings. The van der Waals surface area contributed by atoms with Crippen LogP contribution in [0.2, 0.25) is 0 Å². The molecule has 0 aromatic rings. The maximum absolute atomic E-state index is 9.63. The van der Waals surface area contributed by atoms with Crippen LogP contribution in [-0.2, 0) is 9.47 Å². The van der Waals surface area contributed by atoms with Gasteiger partial charge in [-0.1, -0.05) is 31.9 Å². The highest BCUT2D eigenvalue weighted by molar-refractivity contribution is 5.11. The molecule has 2 aliphatic heterocycles. The van der Waals surface area contributed by atoms with E-state index in [0.29, 0.717) is 6.61 Å². The van der Waals surface area contributed by atoms with Gasteiger partial charge in [0.25, 0.3) is 0 Å². The minimum Gasteiger partial charge on any atom is -0.391 e. The molecule has 86 valence electrons. The standard InChI is InChI=1S/C12H20O3/c1-2-3-4-9(13)8-14-12-7-10-5-6-11(12)15-10/h5-6,9-13H,2-4,7-8H2,1H3. The molecular formula is C12H20O3. The molecule has 4 unspecified atom stereocenters. The Hall–Kier alpha value is -0.380. The van der Waals surface area contributed by atoms with Gasteiger partial charge in [-0.25, -0.2) is 0 Å². The minimum atomic E-state index is -0.312. The summed E-state index contributed by atoms with van der Waals surface area (Å²) in [6, 6.07) is 0. The molecule has 2 rings (SSSR count). The number of fused-ring (bicyclic) bond motifs is 2. The van der Waals surface area contributed by atoms with E-state index in [2.05, 4.69) is 19.1 Å². The van der Waals surface area contributed by atoms with Gasteiger partial charge >= 0.3 is 0 Å². The molecule has 1 N–H and O–H groups in total. The molecule has 0 aromatic carbocycles. The number of ether oxygens (including phenoxy) is 2. The van der Waals surface area contributed by atoms with Gasteiger partial charge in [0.15, 0.2) is 0 Å². The summed E-state index contributed by atoms with van der Waals surface area (Å²) in [5, 5.41) is 9.63. The summed E-state index contributed by atoms with van der Waals surface area (Å²) in [4.78, 5) is 0. The first-order valence-electron chi connectivity index (χ1n) is 5.93. The average Bonchev–Trinajstić information content (AvgIpc) is 2.84. The monoisotopic (exact) mass is 212 g/mol.